The molecule has 0 saturated heterocycles. The minimum Gasteiger partial charge on any atom is -0.378 e. The van der Waals surface area contributed by atoms with Crippen molar-refractivity contribution in [2.24, 2.45) is 0 Å². The molecule has 0 amide bonds. The van der Waals surface area contributed by atoms with E-state index in [1.807, 2.05) is 32.0 Å². The summed E-state index contributed by atoms with van der Waals surface area (Å²) in [6.07, 6.45) is 0. The van der Waals surface area contributed by atoms with E-state index < -0.39 is 11.6 Å². The molecule has 108 valence electrons. The summed E-state index contributed by atoms with van der Waals surface area (Å²) < 4.78 is 27.8. The monoisotopic (exact) mass is 304 g/mol. The predicted octanol–water partition coefficient (Wildman–Crippen LogP) is 5.06. The SMILES string of the molecule is Cc1nc2ccc(NC(C)c3ccc(F)cc3F)cc2s1. The van der Waals surface area contributed by atoms with Gasteiger partial charge in [-0.25, -0.2) is 13.8 Å². The lowest BCUT2D eigenvalue weighted by Crippen LogP contribution is -2.08. The standard InChI is InChI=1S/C16H14F2N2S/c1-9(13-5-3-11(17)7-14(13)18)19-12-4-6-15-16(8-12)21-10(2)20-15/h3-9,19H,1-2H3. The van der Waals surface area contributed by atoms with Crippen LogP contribution in [-0.2, 0) is 0 Å². The van der Waals surface area contributed by atoms with Crippen molar-refractivity contribution < 1.29 is 8.78 Å². The molecule has 0 fully saturated rings. The van der Waals surface area contributed by atoms with Crippen LogP contribution in [0.25, 0.3) is 10.2 Å². The van der Waals surface area contributed by atoms with Crippen molar-refractivity contribution in [1.82, 2.24) is 4.98 Å². The number of nitrogens with one attached hydrogen (secondary N) is 1. The van der Waals surface area contributed by atoms with Crippen molar-refractivity contribution in [3.8, 4) is 0 Å². The van der Waals surface area contributed by atoms with Gasteiger partial charge in [0.1, 0.15) is 11.6 Å². The molecule has 5 heteroatoms. The smallest absolute Gasteiger partial charge is 0.131 e. The third kappa shape index (κ3) is 2.88. The zero-order valence-electron chi connectivity index (χ0n) is 11.7. The fourth-order valence-electron chi connectivity index (χ4n) is 2.31. The summed E-state index contributed by atoms with van der Waals surface area (Å²) in [7, 11) is 0. The molecule has 0 saturated carbocycles. The van der Waals surface area contributed by atoms with Crippen LogP contribution in [0.15, 0.2) is 36.4 Å². The molecular weight excluding hydrogens is 290 g/mol. The largest absolute Gasteiger partial charge is 0.378 e. The first-order valence-electron chi connectivity index (χ1n) is 6.61. The number of anilines is 1. The topological polar surface area (TPSA) is 24.9 Å². The minimum absolute atomic E-state index is 0.253. The lowest BCUT2D eigenvalue weighted by atomic mass is 10.1. The number of aromatic nitrogens is 1. The molecule has 3 rings (SSSR count). The third-order valence-corrected chi connectivity index (χ3v) is 4.24. The number of aryl methyl sites for hydroxylation is 1. The quantitative estimate of drug-likeness (QED) is 0.732. The maximum atomic E-state index is 13.8. The van der Waals surface area contributed by atoms with Crippen LogP contribution in [0.1, 0.15) is 23.5 Å². The maximum Gasteiger partial charge on any atom is 0.131 e. The van der Waals surface area contributed by atoms with Crippen molar-refractivity contribution in [2.45, 2.75) is 19.9 Å². The van der Waals surface area contributed by atoms with Crippen LogP contribution in [0.5, 0.6) is 0 Å². The van der Waals surface area contributed by atoms with Crippen LogP contribution in [-0.4, -0.2) is 4.98 Å². The highest BCUT2D eigenvalue weighted by molar-refractivity contribution is 7.18. The normalized spacial score (nSPS) is 12.6. The van der Waals surface area contributed by atoms with E-state index in [4.69, 9.17) is 0 Å². The molecule has 0 aliphatic heterocycles. The maximum absolute atomic E-state index is 13.8. The van der Waals surface area contributed by atoms with Gasteiger partial charge in [0, 0.05) is 17.3 Å². The Morgan fingerprint density at radius 1 is 1.14 bits per heavy atom. The highest BCUT2D eigenvalue weighted by atomic mass is 32.1. The number of halogens is 2. The summed E-state index contributed by atoms with van der Waals surface area (Å²) in [5.41, 5.74) is 2.29. The molecule has 0 spiro atoms. The number of fused-ring (bicyclic) bond motifs is 1. The van der Waals surface area contributed by atoms with E-state index in [1.165, 1.54) is 12.1 Å². The molecule has 0 radical (unpaired) electrons. The van der Waals surface area contributed by atoms with Crippen LogP contribution in [0.2, 0.25) is 0 Å². The summed E-state index contributed by atoms with van der Waals surface area (Å²) in [6, 6.07) is 9.25. The second-order valence-electron chi connectivity index (χ2n) is 4.95. The minimum atomic E-state index is -0.565. The van der Waals surface area contributed by atoms with Crippen molar-refractivity contribution in [3.05, 3.63) is 58.6 Å². The summed E-state index contributed by atoms with van der Waals surface area (Å²) in [6.45, 7) is 3.81. The van der Waals surface area contributed by atoms with Crippen molar-refractivity contribution in [3.63, 3.8) is 0 Å². The third-order valence-electron chi connectivity index (χ3n) is 3.31. The van der Waals surface area contributed by atoms with E-state index in [9.17, 15) is 8.78 Å². The average molecular weight is 304 g/mol. The Morgan fingerprint density at radius 2 is 1.95 bits per heavy atom. The number of hydrogen-bond donors (Lipinski definition) is 1. The number of benzene rings is 2. The van der Waals surface area contributed by atoms with Gasteiger partial charge in [0.05, 0.1) is 21.3 Å². The molecule has 21 heavy (non-hydrogen) atoms. The summed E-state index contributed by atoms with van der Waals surface area (Å²) >= 11 is 1.62. The van der Waals surface area contributed by atoms with Gasteiger partial charge < -0.3 is 5.32 Å². The molecule has 1 heterocycles. The number of hydrogen-bond acceptors (Lipinski definition) is 3. The first-order chi connectivity index (χ1) is 10.0. The van der Waals surface area contributed by atoms with Gasteiger partial charge in [0.2, 0.25) is 0 Å². The lowest BCUT2D eigenvalue weighted by molar-refractivity contribution is 0.566. The molecule has 2 nitrogen and oxygen atoms in total. The van der Waals surface area contributed by atoms with E-state index >= 15 is 0 Å². The van der Waals surface area contributed by atoms with E-state index in [0.29, 0.717) is 5.56 Å². The van der Waals surface area contributed by atoms with Crippen LogP contribution in [0.4, 0.5) is 14.5 Å². The Hall–Kier alpha value is -2.01. The Morgan fingerprint density at radius 3 is 2.71 bits per heavy atom. The van der Waals surface area contributed by atoms with Crippen molar-refractivity contribution in [1.29, 1.82) is 0 Å². The van der Waals surface area contributed by atoms with Crippen molar-refractivity contribution >= 4 is 27.2 Å². The average Bonchev–Trinajstić information content (AvgIpc) is 2.77. The molecule has 1 unspecified atom stereocenters. The highest BCUT2D eigenvalue weighted by Gasteiger charge is 2.12. The Kier molecular flexibility index (Phi) is 3.59. The number of nitrogens with zero attached hydrogens (tertiary/aromatic N) is 1. The second-order valence-corrected chi connectivity index (χ2v) is 6.18. The van der Waals surface area contributed by atoms with Gasteiger partial charge in [-0.05, 0) is 38.1 Å². The molecule has 1 N–H and O–H groups in total. The molecule has 0 aliphatic carbocycles. The molecule has 0 bridgehead atoms. The van der Waals surface area contributed by atoms with Crippen LogP contribution in [0, 0.1) is 18.6 Å². The Labute approximate surface area is 125 Å². The van der Waals surface area contributed by atoms with Gasteiger partial charge in [0.25, 0.3) is 0 Å². The van der Waals surface area contributed by atoms with E-state index in [-0.39, 0.29) is 6.04 Å². The van der Waals surface area contributed by atoms with Gasteiger partial charge in [-0.1, -0.05) is 6.07 Å². The summed E-state index contributed by atoms with van der Waals surface area (Å²) in [5, 5.41) is 4.25. The van der Waals surface area contributed by atoms with Crippen molar-refractivity contribution in [2.75, 3.05) is 5.32 Å². The first kappa shape index (κ1) is 13.9. The predicted molar refractivity (Wildman–Crippen MR) is 82.8 cm³/mol. The molecule has 0 aliphatic rings. The Bertz CT molecular complexity index is 798. The van der Waals surface area contributed by atoms with Gasteiger partial charge in [0.15, 0.2) is 0 Å². The lowest BCUT2D eigenvalue weighted by Gasteiger charge is -2.16. The fraction of sp³-hybridized carbons (Fsp3) is 0.188. The van der Waals surface area contributed by atoms with E-state index in [2.05, 4.69) is 10.3 Å². The number of rotatable bonds is 3. The zero-order valence-corrected chi connectivity index (χ0v) is 12.5. The van der Waals surface area contributed by atoms with Crippen LogP contribution >= 0.6 is 11.3 Å². The van der Waals surface area contributed by atoms with E-state index in [1.54, 1.807) is 11.3 Å². The van der Waals surface area contributed by atoms with Gasteiger partial charge in [-0.3, -0.25) is 0 Å². The molecule has 2 aromatic carbocycles. The molecule has 1 aromatic heterocycles. The summed E-state index contributed by atoms with van der Waals surface area (Å²) in [4.78, 5) is 4.40. The second kappa shape index (κ2) is 5.41. The first-order valence-corrected chi connectivity index (χ1v) is 7.43. The zero-order chi connectivity index (χ0) is 15.0. The summed E-state index contributed by atoms with van der Waals surface area (Å²) in [5.74, 6) is -1.10. The number of thiazole rings is 1. The van der Waals surface area contributed by atoms with Crippen LogP contribution < -0.4 is 5.32 Å². The molecule has 1 atom stereocenters. The van der Waals surface area contributed by atoms with E-state index in [0.717, 1.165) is 27.0 Å². The van der Waals surface area contributed by atoms with Gasteiger partial charge in [-0.15, -0.1) is 11.3 Å². The molecular formula is C16H14F2N2S. The fourth-order valence-corrected chi connectivity index (χ4v) is 3.18. The Balaban J connectivity index is 1.86. The highest BCUT2D eigenvalue weighted by Crippen LogP contribution is 2.27. The van der Waals surface area contributed by atoms with Gasteiger partial charge >= 0.3 is 0 Å². The molecule has 3 aromatic rings. The van der Waals surface area contributed by atoms with Crippen LogP contribution in [0.3, 0.4) is 0 Å². The van der Waals surface area contributed by atoms with Gasteiger partial charge in [-0.2, -0.15) is 0 Å².